The maximum Gasteiger partial charge on any atom is 0 e. The summed E-state index contributed by atoms with van der Waals surface area (Å²) in [6.07, 6.45) is 0. The monoisotopic (exact) mass is 265 g/mol. The summed E-state index contributed by atoms with van der Waals surface area (Å²) in [5, 5.41) is 0. The summed E-state index contributed by atoms with van der Waals surface area (Å²) in [6, 6.07) is 0. The molecule has 2 rings (SSSR count). The molecule has 0 spiro atoms. The van der Waals surface area contributed by atoms with Gasteiger partial charge in [-0.1, -0.05) is 54.4 Å². The van der Waals surface area contributed by atoms with Crippen LogP contribution in [0.1, 0.15) is 67.3 Å². The molecular weight excluding hydrogens is 240 g/mol. The van der Waals surface area contributed by atoms with Crippen LogP contribution in [0.2, 0.25) is 0 Å². The van der Waals surface area contributed by atoms with Gasteiger partial charge >= 0.3 is 0 Å². The predicted molar refractivity (Wildman–Crippen MR) is 71.4 cm³/mol. The van der Waals surface area contributed by atoms with Crippen molar-refractivity contribution < 1.29 is 21.7 Å². The van der Waals surface area contributed by atoms with Crippen molar-refractivity contribution in [2.45, 2.75) is 60.3 Å². The Morgan fingerprint density at radius 2 is 1.35 bits per heavy atom. The van der Waals surface area contributed by atoms with Crippen LogP contribution in [0, 0.1) is 32.6 Å². The molecule has 4 unspecified atom stereocenters. The Balaban J connectivity index is 0.00000144. The van der Waals surface area contributed by atoms with Crippen molar-refractivity contribution >= 4 is 0 Å². The van der Waals surface area contributed by atoms with Gasteiger partial charge in [-0.15, -0.1) is 0 Å². The van der Waals surface area contributed by atoms with E-state index in [-0.39, 0.29) is 21.7 Å². The zero-order valence-corrected chi connectivity index (χ0v) is 13.9. The first-order valence-corrected chi connectivity index (χ1v) is 6.64. The molecule has 0 aromatic heterocycles. The Morgan fingerprint density at radius 1 is 0.882 bits per heavy atom. The number of rotatable bonds is 0. The van der Waals surface area contributed by atoms with Crippen LogP contribution >= 0.6 is 0 Å². The third-order valence-corrected chi connectivity index (χ3v) is 5.54. The van der Waals surface area contributed by atoms with Crippen molar-refractivity contribution in [2.75, 3.05) is 0 Å². The molecule has 0 heterocycles. The Morgan fingerprint density at radius 3 is 1.88 bits per heavy atom. The number of fused-ring (bicyclic) bond motifs is 1. The van der Waals surface area contributed by atoms with Crippen LogP contribution in [0.15, 0.2) is 0 Å². The molecule has 0 amide bonds. The van der Waals surface area contributed by atoms with Gasteiger partial charge in [-0.25, -0.2) is 0 Å². The summed E-state index contributed by atoms with van der Waals surface area (Å²) in [6.45, 7) is 16.6. The normalized spacial score (nSPS) is 31.9. The minimum Gasteiger partial charge on any atom is -0.195 e. The molecule has 17 heavy (non-hydrogen) atoms. The zero-order chi connectivity index (χ0) is 12.2. The first-order valence-electron chi connectivity index (χ1n) is 6.64. The molecule has 1 aromatic rings. The average Bonchev–Trinajstić information content (AvgIpc) is 2.48. The quantitative estimate of drug-likeness (QED) is 0.466. The first-order chi connectivity index (χ1) is 7.37. The summed E-state index contributed by atoms with van der Waals surface area (Å²) in [7, 11) is 0. The van der Waals surface area contributed by atoms with Crippen LogP contribution in [0.4, 0.5) is 0 Å². The molecule has 0 aliphatic heterocycles. The number of hydrogen-bond acceptors (Lipinski definition) is 0. The fourth-order valence-corrected chi connectivity index (χ4v) is 3.70. The molecule has 1 aromatic carbocycles. The van der Waals surface area contributed by atoms with Gasteiger partial charge in [0.25, 0.3) is 0 Å². The Hall–Kier alpha value is 0.0643. The van der Waals surface area contributed by atoms with Crippen molar-refractivity contribution in [1.82, 2.24) is 0 Å². The van der Waals surface area contributed by atoms with Crippen LogP contribution in [0.25, 0.3) is 0 Å². The zero-order valence-electron chi connectivity index (χ0n) is 12.3. The van der Waals surface area contributed by atoms with E-state index in [1.54, 1.807) is 22.3 Å². The van der Waals surface area contributed by atoms with Gasteiger partial charge in [0.1, 0.15) is 0 Å². The Kier molecular flexibility index (Phi) is 4.43. The van der Waals surface area contributed by atoms with Gasteiger partial charge in [0.2, 0.25) is 0 Å². The molecule has 0 bridgehead atoms. The first kappa shape index (κ1) is 15.1. The van der Waals surface area contributed by atoms with Gasteiger partial charge in [-0.05, 0) is 17.8 Å². The van der Waals surface area contributed by atoms with Gasteiger partial charge in [-0.2, -0.15) is 27.8 Å². The second kappa shape index (κ2) is 4.98. The molecule has 0 nitrogen and oxygen atoms in total. The topological polar surface area (TPSA) is 0 Å². The molecule has 94 valence electrons. The standard InChI is InChI=1S/C16H25.Ti/c1-8-9(2)12(5)16-14(7)10(3)13(6)15(16)11(8)4;/h8-9,11-12H,1-7H3;/q-1;. The fourth-order valence-electron chi connectivity index (χ4n) is 3.70. The molecule has 0 N–H and O–H groups in total. The SMILES string of the molecule is Cc1c2c([c-](C)c1C)C(C)C(C)C(C)C2C.[Ti]. The molecule has 0 fully saturated rings. The van der Waals surface area contributed by atoms with E-state index in [4.69, 9.17) is 0 Å². The second-order valence-electron chi connectivity index (χ2n) is 6.00. The molecule has 0 radical (unpaired) electrons. The molecule has 1 heteroatoms. The second-order valence-corrected chi connectivity index (χ2v) is 6.00. The van der Waals surface area contributed by atoms with Crippen molar-refractivity contribution in [3.05, 3.63) is 27.8 Å². The molecule has 1 aliphatic carbocycles. The largest absolute Gasteiger partial charge is 0.195 e. The summed E-state index contributed by atoms with van der Waals surface area (Å²) in [4.78, 5) is 0. The summed E-state index contributed by atoms with van der Waals surface area (Å²) < 4.78 is 0. The van der Waals surface area contributed by atoms with E-state index < -0.39 is 0 Å². The summed E-state index contributed by atoms with van der Waals surface area (Å²) >= 11 is 0. The van der Waals surface area contributed by atoms with Gasteiger partial charge in [0, 0.05) is 21.7 Å². The van der Waals surface area contributed by atoms with Crippen molar-refractivity contribution in [3.8, 4) is 0 Å². The van der Waals surface area contributed by atoms with Gasteiger partial charge in [0.05, 0.1) is 0 Å². The Bertz CT molecular complexity index is 376. The third kappa shape index (κ3) is 1.98. The van der Waals surface area contributed by atoms with Gasteiger partial charge < -0.3 is 0 Å². The smallest absolute Gasteiger partial charge is 0 e. The van der Waals surface area contributed by atoms with E-state index in [2.05, 4.69) is 48.5 Å². The molecule has 0 saturated heterocycles. The Labute approximate surface area is 121 Å². The van der Waals surface area contributed by atoms with Crippen LogP contribution in [-0.2, 0) is 21.7 Å². The fraction of sp³-hybridized carbons (Fsp3) is 0.688. The van der Waals surface area contributed by atoms with Crippen molar-refractivity contribution in [3.63, 3.8) is 0 Å². The van der Waals surface area contributed by atoms with Crippen LogP contribution in [0.5, 0.6) is 0 Å². The van der Waals surface area contributed by atoms with E-state index in [9.17, 15) is 0 Å². The van der Waals surface area contributed by atoms with Crippen LogP contribution < -0.4 is 0 Å². The van der Waals surface area contributed by atoms with Crippen molar-refractivity contribution in [2.24, 2.45) is 11.8 Å². The molecule has 1 aliphatic rings. The summed E-state index contributed by atoms with van der Waals surface area (Å²) in [5.74, 6) is 3.08. The van der Waals surface area contributed by atoms with Crippen molar-refractivity contribution in [1.29, 1.82) is 0 Å². The molecule has 0 saturated carbocycles. The van der Waals surface area contributed by atoms with Gasteiger partial charge in [-0.3, -0.25) is 0 Å². The average molecular weight is 265 g/mol. The summed E-state index contributed by atoms with van der Waals surface area (Å²) in [5.41, 5.74) is 8.00. The maximum absolute atomic E-state index is 2.42. The minimum atomic E-state index is 0. The maximum atomic E-state index is 2.42. The van der Waals surface area contributed by atoms with Gasteiger partial charge in [0.15, 0.2) is 0 Å². The molecular formula is C16H25Ti-. The van der Waals surface area contributed by atoms with Crippen LogP contribution in [-0.4, -0.2) is 0 Å². The minimum absolute atomic E-state index is 0. The molecule has 4 atom stereocenters. The van der Waals surface area contributed by atoms with E-state index in [1.165, 1.54) is 5.56 Å². The van der Waals surface area contributed by atoms with E-state index >= 15 is 0 Å². The van der Waals surface area contributed by atoms with E-state index in [1.807, 2.05) is 0 Å². The van der Waals surface area contributed by atoms with Crippen LogP contribution in [0.3, 0.4) is 0 Å². The predicted octanol–water partition coefficient (Wildman–Crippen LogP) is 4.82. The van der Waals surface area contributed by atoms with E-state index in [0.717, 1.165) is 23.7 Å². The number of hydrogen-bond donors (Lipinski definition) is 0. The van der Waals surface area contributed by atoms with E-state index in [0.29, 0.717) is 0 Å². The third-order valence-electron chi connectivity index (χ3n) is 5.54.